The average Bonchev–Trinajstić information content (AvgIpc) is 3.49. The van der Waals surface area contributed by atoms with E-state index < -0.39 is 17.4 Å². The second kappa shape index (κ2) is 10.5. The number of nitrogens with zero attached hydrogens (tertiary/aromatic N) is 3. The lowest BCUT2D eigenvalue weighted by Crippen LogP contribution is -2.56. The summed E-state index contributed by atoms with van der Waals surface area (Å²) in [6, 6.07) is 16.5. The van der Waals surface area contributed by atoms with Gasteiger partial charge in [-0.3, -0.25) is 29.4 Å². The number of hydrogen-bond acceptors (Lipinski definition) is 6. The highest BCUT2D eigenvalue weighted by molar-refractivity contribution is 7.98. The molecule has 0 saturated carbocycles. The quantitative estimate of drug-likeness (QED) is 0.498. The van der Waals surface area contributed by atoms with Crippen molar-refractivity contribution in [3.8, 4) is 0 Å². The van der Waals surface area contributed by atoms with Gasteiger partial charge in [-0.1, -0.05) is 48.5 Å². The largest absolute Gasteiger partial charge is 0.342 e. The summed E-state index contributed by atoms with van der Waals surface area (Å²) < 4.78 is 0. The van der Waals surface area contributed by atoms with Crippen LogP contribution in [0.15, 0.2) is 54.6 Å². The monoisotopic (exact) mass is 534 g/mol. The summed E-state index contributed by atoms with van der Waals surface area (Å²) in [6.07, 6.45) is 2.65. The lowest BCUT2D eigenvalue weighted by Gasteiger charge is -2.31. The number of benzene rings is 2. The Morgan fingerprint density at radius 2 is 1.66 bits per heavy atom. The minimum absolute atomic E-state index is 0.107. The van der Waals surface area contributed by atoms with Gasteiger partial charge >= 0.3 is 0 Å². The van der Waals surface area contributed by atoms with E-state index in [9.17, 15) is 19.2 Å². The number of para-hydroxylation sites is 1. The van der Waals surface area contributed by atoms with Crippen molar-refractivity contribution in [2.45, 2.75) is 38.4 Å². The van der Waals surface area contributed by atoms with E-state index in [0.29, 0.717) is 30.8 Å². The summed E-state index contributed by atoms with van der Waals surface area (Å²) in [7, 11) is 0. The number of rotatable bonds is 9. The third kappa shape index (κ3) is 4.03. The predicted molar refractivity (Wildman–Crippen MR) is 147 cm³/mol. The van der Waals surface area contributed by atoms with E-state index in [1.54, 1.807) is 16.7 Å². The maximum atomic E-state index is 14.4. The summed E-state index contributed by atoms with van der Waals surface area (Å²) in [5, 5.41) is 3.52. The molecule has 2 aromatic carbocycles. The smallest absolute Gasteiger partial charge is 0.253 e. The number of likely N-dealkylation sites (N-methyl/N-ethyl adjacent to an activating group) is 1. The highest BCUT2D eigenvalue weighted by Gasteiger charge is 2.71. The Labute approximate surface area is 227 Å². The molecule has 1 N–H and O–H groups in total. The minimum Gasteiger partial charge on any atom is -0.342 e. The second-order valence-corrected chi connectivity index (χ2v) is 11.1. The van der Waals surface area contributed by atoms with Gasteiger partial charge in [0.25, 0.3) is 5.91 Å². The summed E-state index contributed by atoms with van der Waals surface area (Å²) in [6.45, 7) is 4.98. The summed E-state index contributed by atoms with van der Waals surface area (Å²) in [5.41, 5.74) is 0.770. The zero-order valence-corrected chi connectivity index (χ0v) is 22.9. The van der Waals surface area contributed by atoms with Crippen molar-refractivity contribution in [2.75, 3.05) is 36.5 Å². The molecule has 3 aliphatic rings. The summed E-state index contributed by atoms with van der Waals surface area (Å²) in [5.74, 6) is -1.77. The molecule has 0 unspecified atom stereocenters. The van der Waals surface area contributed by atoms with Crippen molar-refractivity contribution >= 4 is 41.1 Å². The normalized spacial score (nSPS) is 25.9. The molecule has 0 aliphatic carbocycles. The molecule has 3 heterocycles. The number of thioether (sulfide) groups is 1. The van der Waals surface area contributed by atoms with Crippen molar-refractivity contribution in [2.24, 2.45) is 11.8 Å². The molecule has 0 aromatic heterocycles. The van der Waals surface area contributed by atoms with Crippen LogP contribution >= 0.6 is 11.8 Å². The zero-order chi connectivity index (χ0) is 27.0. The fourth-order valence-electron chi connectivity index (χ4n) is 6.39. The van der Waals surface area contributed by atoms with Crippen molar-refractivity contribution in [1.29, 1.82) is 0 Å². The lowest BCUT2D eigenvalue weighted by molar-refractivity contribution is -0.143. The Morgan fingerprint density at radius 3 is 2.34 bits per heavy atom. The average molecular weight is 535 g/mol. The van der Waals surface area contributed by atoms with Gasteiger partial charge in [0.1, 0.15) is 12.1 Å². The van der Waals surface area contributed by atoms with E-state index in [1.807, 2.05) is 74.7 Å². The van der Waals surface area contributed by atoms with Crippen LogP contribution in [0.3, 0.4) is 0 Å². The van der Waals surface area contributed by atoms with Gasteiger partial charge < -0.3 is 9.80 Å². The summed E-state index contributed by atoms with van der Waals surface area (Å²) in [4.78, 5) is 60.0. The molecule has 2 saturated heterocycles. The van der Waals surface area contributed by atoms with Gasteiger partial charge in [-0.05, 0) is 43.9 Å². The number of anilines is 1. The molecule has 1 spiro atoms. The third-order valence-electron chi connectivity index (χ3n) is 8.18. The molecule has 0 bridgehead atoms. The number of likely N-dealkylation sites (tertiary alicyclic amines) is 1. The molecule has 38 heavy (non-hydrogen) atoms. The molecule has 200 valence electrons. The van der Waals surface area contributed by atoms with Gasteiger partial charge in [-0.25, -0.2) is 0 Å². The standard InChI is InChI=1S/C29H34N4O4S/c1-4-31(5-2)23(34)18-32-22-14-10-9-13-20(22)29(28(32)37)25-24(21(30-29)15-16-38-3)26(35)33(27(25)36)17-19-11-7-6-8-12-19/h6-14,21,24-25,30H,4-5,15-18H2,1-3H3/t21-,24+,25+,29-/m0/s1. The van der Waals surface area contributed by atoms with E-state index >= 15 is 0 Å². The molecular weight excluding hydrogens is 500 g/mol. The van der Waals surface area contributed by atoms with Crippen LogP contribution in [-0.4, -0.2) is 71.1 Å². The lowest BCUT2D eigenvalue weighted by atomic mass is 9.76. The van der Waals surface area contributed by atoms with E-state index in [1.165, 1.54) is 9.80 Å². The minimum atomic E-state index is -1.38. The first-order valence-electron chi connectivity index (χ1n) is 13.2. The van der Waals surface area contributed by atoms with Crippen molar-refractivity contribution < 1.29 is 19.2 Å². The van der Waals surface area contributed by atoms with Gasteiger partial charge in [0, 0.05) is 30.4 Å². The Bertz CT molecular complexity index is 1250. The zero-order valence-electron chi connectivity index (χ0n) is 22.1. The Hall–Kier alpha value is -3.17. The second-order valence-electron chi connectivity index (χ2n) is 10.1. The Balaban J connectivity index is 1.57. The van der Waals surface area contributed by atoms with Crippen LogP contribution < -0.4 is 10.2 Å². The third-order valence-corrected chi connectivity index (χ3v) is 8.83. The highest BCUT2D eigenvalue weighted by Crippen LogP contribution is 2.55. The van der Waals surface area contributed by atoms with Gasteiger partial charge in [0.05, 0.1) is 18.4 Å². The summed E-state index contributed by atoms with van der Waals surface area (Å²) >= 11 is 1.67. The fourth-order valence-corrected chi connectivity index (χ4v) is 6.88. The highest BCUT2D eigenvalue weighted by atomic mass is 32.2. The SMILES string of the molecule is CCN(CC)C(=O)CN1C(=O)[C@]2(N[C@@H](CCSC)[C@H]3C(=O)N(Cc4ccccc4)C(=O)[C@@H]32)c2ccccc21. The number of fused-ring (bicyclic) bond motifs is 4. The van der Waals surface area contributed by atoms with Crippen molar-refractivity contribution in [1.82, 2.24) is 15.1 Å². The predicted octanol–water partition coefficient (Wildman–Crippen LogP) is 2.62. The Kier molecular flexibility index (Phi) is 7.33. The molecule has 2 fully saturated rings. The van der Waals surface area contributed by atoms with Gasteiger partial charge in [-0.2, -0.15) is 11.8 Å². The first-order chi connectivity index (χ1) is 18.4. The van der Waals surface area contributed by atoms with Crippen LogP contribution in [0.1, 0.15) is 31.4 Å². The van der Waals surface area contributed by atoms with Crippen LogP contribution in [-0.2, 0) is 31.3 Å². The molecule has 4 atom stereocenters. The molecule has 5 rings (SSSR count). The maximum absolute atomic E-state index is 14.4. The van der Waals surface area contributed by atoms with Gasteiger partial charge in [0.2, 0.25) is 17.7 Å². The van der Waals surface area contributed by atoms with E-state index in [2.05, 4.69) is 5.32 Å². The first kappa shape index (κ1) is 26.4. The van der Waals surface area contributed by atoms with Crippen LogP contribution in [0, 0.1) is 11.8 Å². The van der Waals surface area contributed by atoms with Crippen LogP contribution in [0.4, 0.5) is 5.69 Å². The Morgan fingerprint density at radius 1 is 0.974 bits per heavy atom. The molecule has 8 nitrogen and oxygen atoms in total. The molecule has 3 aliphatic heterocycles. The number of carbonyl (C=O) groups is 4. The topological polar surface area (TPSA) is 90.0 Å². The number of hydrogen-bond donors (Lipinski definition) is 1. The van der Waals surface area contributed by atoms with Crippen molar-refractivity contribution in [3.63, 3.8) is 0 Å². The van der Waals surface area contributed by atoms with E-state index in [4.69, 9.17) is 0 Å². The number of imide groups is 1. The number of carbonyl (C=O) groups excluding carboxylic acids is 4. The van der Waals surface area contributed by atoms with Gasteiger partial charge in [0.15, 0.2) is 0 Å². The fraction of sp³-hybridized carbons (Fsp3) is 0.448. The maximum Gasteiger partial charge on any atom is 0.253 e. The van der Waals surface area contributed by atoms with Gasteiger partial charge in [-0.15, -0.1) is 0 Å². The van der Waals surface area contributed by atoms with Crippen molar-refractivity contribution in [3.05, 3.63) is 65.7 Å². The molecule has 4 amide bonds. The first-order valence-corrected chi connectivity index (χ1v) is 14.6. The van der Waals surface area contributed by atoms with Crippen LogP contribution in [0.2, 0.25) is 0 Å². The molecule has 9 heteroatoms. The van der Waals surface area contributed by atoms with Crippen LogP contribution in [0.25, 0.3) is 0 Å². The van der Waals surface area contributed by atoms with E-state index in [-0.39, 0.29) is 42.8 Å². The number of amides is 4. The molecule has 0 radical (unpaired) electrons. The molecule has 2 aromatic rings. The van der Waals surface area contributed by atoms with Crippen LogP contribution in [0.5, 0.6) is 0 Å². The molecular formula is C29H34N4O4S. The number of nitrogens with one attached hydrogen (secondary N) is 1. The van der Waals surface area contributed by atoms with E-state index in [0.717, 1.165) is 11.3 Å².